The third-order valence-electron chi connectivity index (χ3n) is 2.80. The van der Waals surface area contributed by atoms with Crippen LogP contribution < -0.4 is 20.5 Å². The molecule has 0 aliphatic carbocycles. The van der Waals surface area contributed by atoms with Crippen molar-refractivity contribution in [1.82, 2.24) is 4.98 Å². The molecular formula is C14H14FN3O3. The Morgan fingerprint density at radius 3 is 2.62 bits per heavy atom. The molecular weight excluding hydrogens is 277 g/mol. The number of halogens is 1. The molecule has 0 aliphatic rings. The molecule has 6 nitrogen and oxygen atoms in total. The summed E-state index contributed by atoms with van der Waals surface area (Å²) in [5.74, 6) is -0.339. The SMILES string of the molecule is COc1cc(OC)c(N)c(C(=O)Nc2ccc(F)nc2)c1. The number of pyridine rings is 1. The molecule has 0 bridgehead atoms. The number of nitrogen functional groups attached to an aromatic ring is 1. The highest BCUT2D eigenvalue weighted by atomic mass is 19.1. The Hall–Kier alpha value is -2.83. The molecule has 0 radical (unpaired) electrons. The molecule has 0 atom stereocenters. The van der Waals surface area contributed by atoms with Crippen LogP contribution in [0.1, 0.15) is 10.4 Å². The number of benzene rings is 1. The van der Waals surface area contributed by atoms with Crippen LogP contribution in [0, 0.1) is 5.95 Å². The van der Waals surface area contributed by atoms with Gasteiger partial charge in [0.15, 0.2) is 0 Å². The highest BCUT2D eigenvalue weighted by Crippen LogP contribution is 2.31. The topological polar surface area (TPSA) is 86.5 Å². The predicted molar refractivity (Wildman–Crippen MR) is 76.1 cm³/mol. The fourth-order valence-electron chi connectivity index (χ4n) is 1.72. The van der Waals surface area contributed by atoms with Gasteiger partial charge in [-0.25, -0.2) is 4.98 Å². The summed E-state index contributed by atoms with van der Waals surface area (Å²) >= 11 is 0. The summed E-state index contributed by atoms with van der Waals surface area (Å²) in [6.45, 7) is 0. The molecule has 0 fully saturated rings. The van der Waals surface area contributed by atoms with Gasteiger partial charge >= 0.3 is 0 Å². The largest absolute Gasteiger partial charge is 0.497 e. The van der Waals surface area contributed by atoms with Crippen LogP contribution in [0.2, 0.25) is 0 Å². The maximum atomic E-state index is 12.7. The average Bonchev–Trinajstić information content (AvgIpc) is 2.49. The fraction of sp³-hybridized carbons (Fsp3) is 0.143. The Bertz CT molecular complexity index is 659. The summed E-state index contributed by atoms with van der Waals surface area (Å²) in [4.78, 5) is 15.7. The molecule has 110 valence electrons. The molecule has 3 N–H and O–H groups in total. The van der Waals surface area contributed by atoms with E-state index in [4.69, 9.17) is 15.2 Å². The number of methoxy groups -OCH3 is 2. The van der Waals surface area contributed by atoms with Crippen LogP contribution in [0.4, 0.5) is 15.8 Å². The van der Waals surface area contributed by atoms with Gasteiger partial charge in [0, 0.05) is 6.07 Å². The molecule has 0 spiro atoms. The standard InChI is InChI=1S/C14H14FN3O3/c1-20-9-5-10(13(16)11(6-9)21-2)14(19)18-8-3-4-12(15)17-7-8/h3-7H,16H2,1-2H3,(H,18,19). The Morgan fingerprint density at radius 2 is 2.05 bits per heavy atom. The lowest BCUT2D eigenvalue weighted by molar-refractivity contribution is 0.102. The van der Waals surface area contributed by atoms with Gasteiger partial charge in [0.05, 0.1) is 37.4 Å². The Balaban J connectivity index is 2.32. The van der Waals surface area contributed by atoms with Gasteiger partial charge in [-0.1, -0.05) is 0 Å². The van der Waals surface area contributed by atoms with Crippen molar-refractivity contribution in [2.75, 3.05) is 25.3 Å². The van der Waals surface area contributed by atoms with E-state index in [0.29, 0.717) is 17.2 Å². The molecule has 0 aliphatic heterocycles. The Morgan fingerprint density at radius 1 is 1.29 bits per heavy atom. The summed E-state index contributed by atoms with van der Waals surface area (Å²) in [6, 6.07) is 5.61. The zero-order valence-corrected chi connectivity index (χ0v) is 11.5. The maximum Gasteiger partial charge on any atom is 0.258 e. The second-order valence-electron chi connectivity index (χ2n) is 4.11. The van der Waals surface area contributed by atoms with Gasteiger partial charge in [-0.2, -0.15) is 4.39 Å². The number of rotatable bonds is 4. The van der Waals surface area contributed by atoms with Crippen molar-refractivity contribution >= 4 is 17.3 Å². The van der Waals surface area contributed by atoms with Crippen LogP contribution >= 0.6 is 0 Å². The monoisotopic (exact) mass is 291 g/mol. The molecule has 21 heavy (non-hydrogen) atoms. The molecule has 0 saturated heterocycles. The van der Waals surface area contributed by atoms with Crippen LogP contribution in [-0.2, 0) is 0 Å². The van der Waals surface area contributed by atoms with E-state index in [2.05, 4.69) is 10.3 Å². The van der Waals surface area contributed by atoms with E-state index < -0.39 is 11.9 Å². The molecule has 1 amide bonds. The zero-order chi connectivity index (χ0) is 15.4. The van der Waals surface area contributed by atoms with Crippen LogP contribution in [0.25, 0.3) is 0 Å². The van der Waals surface area contributed by atoms with E-state index in [1.54, 1.807) is 6.07 Å². The van der Waals surface area contributed by atoms with E-state index in [1.165, 1.54) is 32.5 Å². The number of hydrogen-bond donors (Lipinski definition) is 2. The molecule has 1 heterocycles. The van der Waals surface area contributed by atoms with Gasteiger partial charge in [-0.05, 0) is 18.2 Å². The average molecular weight is 291 g/mol. The minimum Gasteiger partial charge on any atom is -0.497 e. The Labute approximate surface area is 120 Å². The van der Waals surface area contributed by atoms with Gasteiger partial charge in [0.25, 0.3) is 5.91 Å². The van der Waals surface area contributed by atoms with E-state index in [0.717, 1.165) is 6.07 Å². The first kappa shape index (κ1) is 14.6. The molecule has 2 aromatic rings. The van der Waals surface area contributed by atoms with E-state index in [1.807, 2.05) is 0 Å². The summed E-state index contributed by atoms with van der Waals surface area (Å²) < 4.78 is 22.9. The third kappa shape index (κ3) is 3.19. The van der Waals surface area contributed by atoms with Gasteiger partial charge in [0.2, 0.25) is 5.95 Å². The zero-order valence-electron chi connectivity index (χ0n) is 11.5. The second kappa shape index (κ2) is 6.08. The molecule has 2 rings (SSSR count). The van der Waals surface area contributed by atoms with Crippen molar-refractivity contribution < 1.29 is 18.7 Å². The normalized spacial score (nSPS) is 10.0. The summed E-state index contributed by atoms with van der Waals surface area (Å²) in [5, 5.41) is 2.57. The lowest BCUT2D eigenvalue weighted by Gasteiger charge is -2.12. The molecule has 1 aromatic carbocycles. The quantitative estimate of drug-likeness (QED) is 0.665. The number of nitrogens with zero attached hydrogens (tertiary/aromatic N) is 1. The van der Waals surface area contributed by atoms with Crippen LogP contribution in [-0.4, -0.2) is 25.1 Å². The number of amides is 1. The van der Waals surface area contributed by atoms with E-state index >= 15 is 0 Å². The smallest absolute Gasteiger partial charge is 0.258 e. The first-order valence-electron chi connectivity index (χ1n) is 5.99. The number of carbonyl (C=O) groups is 1. The van der Waals surface area contributed by atoms with E-state index in [9.17, 15) is 9.18 Å². The summed E-state index contributed by atoms with van der Waals surface area (Å²) in [5.41, 5.74) is 6.61. The van der Waals surface area contributed by atoms with Gasteiger partial charge in [-0.3, -0.25) is 4.79 Å². The lowest BCUT2D eigenvalue weighted by atomic mass is 10.1. The number of carbonyl (C=O) groups excluding carboxylic acids is 1. The van der Waals surface area contributed by atoms with Crippen LogP contribution in [0.15, 0.2) is 30.5 Å². The Kier molecular flexibility index (Phi) is 4.22. The highest BCUT2D eigenvalue weighted by Gasteiger charge is 2.16. The van der Waals surface area contributed by atoms with Crippen LogP contribution in [0.5, 0.6) is 11.5 Å². The number of hydrogen-bond acceptors (Lipinski definition) is 5. The van der Waals surface area contributed by atoms with Crippen molar-refractivity contribution in [1.29, 1.82) is 0 Å². The lowest BCUT2D eigenvalue weighted by Crippen LogP contribution is -2.15. The number of anilines is 2. The number of nitrogens with one attached hydrogen (secondary N) is 1. The first-order valence-corrected chi connectivity index (χ1v) is 5.99. The number of aromatic nitrogens is 1. The third-order valence-corrected chi connectivity index (χ3v) is 2.80. The molecule has 7 heteroatoms. The molecule has 0 unspecified atom stereocenters. The number of nitrogens with two attached hydrogens (primary N) is 1. The number of ether oxygens (including phenoxy) is 2. The van der Waals surface area contributed by atoms with Crippen molar-refractivity contribution in [3.05, 3.63) is 42.0 Å². The first-order chi connectivity index (χ1) is 10.0. The highest BCUT2D eigenvalue weighted by molar-refractivity contribution is 6.08. The predicted octanol–water partition coefficient (Wildman–Crippen LogP) is 2.07. The van der Waals surface area contributed by atoms with Crippen molar-refractivity contribution in [2.24, 2.45) is 0 Å². The van der Waals surface area contributed by atoms with Crippen molar-refractivity contribution in [3.8, 4) is 11.5 Å². The van der Waals surface area contributed by atoms with Crippen LogP contribution in [0.3, 0.4) is 0 Å². The van der Waals surface area contributed by atoms with Gasteiger partial charge in [-0.15, -0.1) is 0 Å². The van der Waals surface area contributed by atoms with Crippen molar-refractivity contribution in [3.63, 3.8) is 0 Å². The fourth-order valence-corrected chi connectivity index (χ4v) is 1.72. The summed E-state index contributed by atoms with van der Waals surface area (Å²) in [7, 11) is 2.91. The molecule has 1 aromatic heterocycles. The van der Waals surface area contributed by atoms with E-state index in [-0.39, 0.29) is 11.3 Å². The molecule has 0 saturated carbocycles. The summed E-state index contributed by atoms with van der Waals surface area (Å²) in [6.07, 6.45) is 1.21. The van der Waals surface area contributed by atoms with Gasteiger partial charge < -0.3 is 20.5 Å². The minimum atomic E-state index is -0.629. The second-order valence-corrected chi connectivity index (χ2v) is 4.11. The minimum absolute atomic E-state index is 0.186. The van der Waals surface area contributed by atoms with Gasteiger partial charge in [0.1, 0.15) is 11.5 Å². The maximum absolute atomic E-state index is 12.7. The van der Waals surface area contributed by atoms with Crippen molar-refractivity contribution in [2.45, 2.75) is 0 Å².